The fourth-order valence-electron chi connectivity index (χ4n) is 2.74. The minimum atomic E-state index is 1.10. The van der Waals surface area contributed by atoms with Gasteiger partial charge in [0.1, 0.15) is 0 Å². The van der Waals surface area contributed by atoms with Gasteiger partial charge in [-0.15, -0.1) is 0 Å². The molecule has 4 aromatic rings. The molecule has 2 heteroatoms. The summed E-state index contributed by atoms with van der Waals surface area (Å²) < 4.78 is 1.10. The average Bonchev–Trinajstić information content (AvgIpc) is 2.87. The zero-order valence-electron chi connectivity index (χ0n) is 10.7. The van der Waals surface area contributed by atoms with E-state index in [-0.39, 0.29) is 0 Å². The molecule has 0 saturated carbocycles. The van der Waals surface area contributed by atoms with Crippen molar-refractivity contribution in [1.29, 1.82) is 0 Å². The van der Waals surface area contributed by atoms with Gasteiger partial charge in [0.25, 0.3) is 0 Å². The lowest BCUT2D eigenvalue weighted by molar-refractivity contribution is 1.53. The topological polar surface area (TPSA) is 15.8 Å². The van der Waals surface area contributed by atoms with Crippen LogP contribution in [-0.2, 0) is 0 Å². The largest absolute Gasteiger partial charge is 0.354 e. The van der Waals surface area contributed by atoms with Crippen LogP contribution in [0.3, 0.4) is 0 Å². The molecule has 0 radical (unpaired) electrons. The van der Waals surface area contributed by atoms with E-state index in [1.54, 1.807) is 0 Å². The summed E-state index contributed by atoms with van der Waals surface area (Å²) in [6.07, 6.45) is 0. The van der Waals surface area contributed by atoms with Crippen LogP contribution in [0.5, 0.6) is 0 Å². The average molecular weight is 322 g/mol. The van der Waals surface area contributed by atoms with Crippen molar-refractivity contribution in [3.63, 3.8) is 0 Å². The van der Waals surface area contributed by atoms with Crippen LogP contribution < -0.4 is 0 Å². The van der Waals surface area contributed by atoms with Crippen LogP contribution >= 0.6 is 15.9 Å². The maximum absolute atomic E-state index is 3.55. The third kappa shape index (κ3) is 1.76. The highest BCUT2D eigenvalue weighted by Gasteiger charge is 2.08. The highest BCUT2D eigenvalue weighted by molar-refractivity contribution is 9.10. The standard InChI is InChI=1S/C18H12BrN/c19-13-10-8-12(9-11-13)14-5-3-6-16-15-4-1-2-7-17(15)20-18(14)16/h1-11,20H. The zero-order chi connectivity index (χ0) is 13.5. The summed E-state index contributed by atoms with van der Waals surface area (Å²) in [6, 6.07) is 23.4. The first-order valence-electron chi connectivity index (χ1n) is 6.58. The van der Waals surface area contributed by atoms with E-state index in [9.17, 15) is 0 Å². The van der Waals surface area contributed by atoms with Crippen molar-refractivity contribution in [2.75, 3.05) is 0 Å². The van der Waals surface area contributed by atoms with E-state index in [0.717, 1.165) is 4.47 Å². The Hall–Kier alpha value is -2.06. The molecule has 3 aromatic carbocycles. The second-order valence-corrected chi connectivity index (χ2v) is 5.82. The summed E-state index contributed by atoms with van der Waals surface area (Å²) in [4.78, 5) is 3.55. The van der Waals surface area contributed by atoms with E-state index >= 15 is 0 Å². The lowest BCUT2D eigenvalue weighted by Gasteiger charge is -2.04. The Morgan fingerprint density at radius 1 is 0.700 bits per heavy atom. The van der Waals surface area contributed by atoms with Crippen molar-refractivity contribution in [1.82, 2.24) is 4.98 Å². The molecule has 0 aliphatic carbocycles. The van der Waals surface area contributed by atoms with Crippen molar-refractivity contribution < 1.29 is 0 Å². The molecule has 96 valence electrons. The number of rotatable bonds is 1. The predicted octanol–water partition coefficient (Wildman–Crippen LogP) is 5.75. The van der Waals surface area contributed by atoms with Gasteiger partial charge in [0.05, 0.1) is 5.52 Å². The number of para-hydroxylation sites is 2. The minimum Gasteiger partial charge on any atom is -0.354 e. The van der Waals surface area contributed by atoms with E-state index in [1.165, 1.54) is 32.9 Å². The van der Waals surface area contributed by atoms with Gasteiger partial charge in [0, 0.05) is 26.3 Å². The van der Waals surface area contributed by atoms with Crippen LogP contribution in [0.2, 0.25) is 0 Å². The molecular weight excluding hydrogens is 310 g/mol. The van der Waals surface area contributed by atoms with Gasteiger partial charge in [0.2, 0.25) is 0 Å². The highest BCUT2D eigenvalue weighted by atomic mass is 79.9. The Kier molecular flexibility index (Phi) is 2.64. The normalized spacial score (nSPS) is 11.2. The number of hydrogen-bond donors (Lipinski definition) is 1. The fourth-order valence-corrected chi connectivity index (χ4v) is 3.01. The summed E-state index contributed by atoms with van der Waals surface area (Å²) in [5.41, 5.74) is 4.86. The van der Waals surface area contributed by atoms with Crippen LogP contribution in [-0.4, -0.2) is 4.98 Å². The first kappa shape index (κ1) is 11.7. The van der Waals surface area contributed by atoms with E-state index in [2.05, 4.69) is 87.6 Å². The first-order valence-corrected chi connectivity index (χ1v) is 7.37. The van der Waals surface area contributed by atoms with E-state index < -0.39 is 0 Å². The molecule has 0 aliphatic heterocycles. The maximum Gasteiger partial charge on any atom is 0.0544 e. The third-order valence-corrected chi connectivity index (χ3v) is 4.23. The van der Waals surface area contributed by atoms with Crippen molar-refractivity contribution in [2.45, 2.75) is 0 Å². The summed E-state index contributed by atoms with van der Waals surface area (Å²) in [6.45, 7) is 0. The number of halogens is 1. The lowest BCUT2D eigenvalue weighted by Crippen LogP contribution is -1.80. The van der Waals surface area contributed by atoms with Crippen LogP contribution in [0.15, 0.2) is 71.2 Å². The van der Waals surface area contributed by atoms with Gasteiger partial charge in [-0.05, 0) is 23.8 Å². The molecule has 0 amide bonds. The van der Waals surface area contributed by atoms with Gasteiger partial charge >= 0.3 is 0 Å². The molecule has 0 fully saturated rings. The van der Waals surface area contributed by atoms with E-state index in [4.69, 9.17) is 0 Å². The second kappa shape index (κ2) is 4.50. The molecule has 4 rings (SSSR count). The Bertz CT molecular complexity index is 904. The van der Waals surface area contributed by atoms with Crippen molar-refractivity contribution in [3.05, 3.63) is 71.2 Å². The molecule has 1 heterocycles. The van der Waals surface area contributed by atoms with Crippen LogP contribution in [0, 0.1) is 0 Å². The molecule has 0 spiro atoms. The number of H-pyrrole nitrogens is 1. The van der Waals surface area contributed by atoms with Crippen molar-refractivity contribution >= 4 is 37.7 Å². The number of benzene rings is 3. The number of fused-ring (bicyclic) bond motifs is 3. The SMILES string of the molecule is Brc1ccc(-c2cccc3c2[nH]c2ccccc23)cc1. The molecular formula is C18H12BrN. The monoisotopic (exact) mass is 321 g/mol. The fraction of sp³-hybridized carbons (Fsp3) is 0. The van der Waals surface area contributed by atoms with Gasteiger partial charge in [-0.2, -0.15) is 0 Å². The minimum absolute atomic E-state index is 1.10. The summed E-state index contributed by atoms with van der Waals surface area (Å²) in [5, 5.41) is 2.56. The van der Waals surface area contributed by atoms with E-state index in [0.29, 0.717) is 0 Å². The number of nitrogens with one attached hydrogen (secondary N) is 1. The molecule has 0 saturated heterocycles. The third-order valence-electron chi connectivity index (χ3n) is 3.70. The number of hydrogen-bond acceptors (Lipinski definition) is 0. The molecule has 1 N–H and O–H groups in total. The van der Waals surface area contributed by atoms with Gasteiger partial charge in [-0.25, -0.2) is 0 Å². The van der Waals surface area contributed by atoms with Gasteiger partial charge < -0.3 is 4.98 Å². The summed E-state index contributed by atoms with van der Waals surface area (Å²) in [7, 11) is 0. The number of aromatic amines is 1. The summed E-state index contributed by atoms with van der Waals surface area (Å²) in [5.74, 6) is 0. The zero-order valence-corrected chi connectivity index (χ0v) is 12.3. The lowest BCUT2D eigenvalue weighted by atomic mass is 10.0. The molecule has 1 nitrogen and oxygen atoms in total. The van der Waals surface area contributed by atoms with Crippen LogP contribution in [0.1, 0.15) is 0 Å². The summed E-state index contributed by atoms with van der Waals surface area (Å²) >= 11 is 3.49. The highest BCUT2D eigenvalue weighted by Crippen LogP contribution is 2.33. The van der Waals surface area contributed by atoms with Crippen molar-refractivity contribution in [2.24, 2.45) is 0 Å². The molecule has 1 aromatic heterocycles. The Labute approximate surface area is 125 Å². The molecule has 0 atom stereocenters. The molecule has 20 heavy (non-hydrogen) atoms. The van der Waals surface area contributed by atoms with Crippen LogP contribution in [0.25, 0.3) is 32.9 Å². The van der Waals surface area contributed by atoms with Gasteiger partial charge in [0.15, 0.2) is 0 Å². The predicted molar refractivity (Wildman–Crippen MR) is 88.9 cm³/mol. The molecule has 0 unspecified atom stereocenters. The first-order chi connectivity index (χ1) is 9.83. The Balaban J connectivity index is 2.07. The second-order valence-electron chi connectivity index (χ2n) is 4.91. The Morgan fingerprint density at radius 3 is 2.30 bits per heavy atom. The Morgan fingerprint density at radius 2 is 1.45 bits per heavy atom. The van der Waals surface area contributed by atoms with Gasteiger partial charge in [-0.1, -0.05) is 64.5 Å². The van der Waals surface area contributed by atoms with Crippen LogP contribution in [0.4, 0.5) is 0 Å². The maximum atomic E-state index is 3.55. The van der Waals surface area contributed by atoms with Gasteiger partial charge in [-0.3, -0.25) is 0 Å². The molecule has 0 aliphatic rings. The van der Waals surface area contributed by atoms with E-state index in [1.807, 2.05) is 0 Å². The van der Waals surface area contributed by atoms with Crippen molar-refractivity contribution in [3.8, 4) is 11.1 Å². The quantitative estimate of drug-likeness (QED) is 0.459. The smallest absolute Gasteiger partial charge is 0.0544 e. The number of aromatic nitrogens is 1. The molecule has 0 bridgehead atoms.